The monoisotopic (exact) mass is 468 g/mol. The normalized spacial score (nSPS) is 25.6. The van der Waals surface area contributed by atoms with Gasteiger partial charge in [-0.2, -0.15) is 0 Å². The Morgan fingerprint density at radius 2 is 2.00 bits per heavy atom. The van der Waals surface area contributed by atoms with Crippen LogP contribution >= 0.6 is 24.0 Å². The van der Waals surface area contributed by atoms with Crippen molar-refractivity contribution in [1.29, 1.82) is 0 Å². The Labute approximate surface area is 170 Å². The number of aliphatic imine (C=N–C) groups is 1. The molecule has 2 atom stereocenters. The summed E-state index contributed by atoms with van der Waals surface area (Å²) in [6.07, 6.45) is 6.43. The van der Waals surface area contributed by atoms with Gasteiger partial charge in [-0.05, 0) is 39.0 Å². The number of aliphatic hydroxyl groups is 1. The minimum absolute atomic E-state index is 0. The smallest absolute Gasteiger partial charge is 0.191 e. The van der Waals surface area contributed by atoms with Crippen LogP contribution < -0.4 is 10.6 Å². The van der Waals surface area contributed by atoms with Crippen molar-refractivity contribution in [3.63, 3.8) is 0 Å². The maximum Gasteiger partial charge on any atom is 0.191 e. The molecule has 1 heterocycles. The highest BCUT2D eigenvalue weighted by molar-refractivity contribution is 14.0. The van der Waals surface area contributed by atoms with E-state index in [0.717, 1.165) is 83.8 Å². The summed E-state index contributed by atoms with van der Waals surface area (Å²) in [5, 5.41) is 16.9. The largest absolute Gasteiger partial charge is 0.393 e. The molecule has 0 aromatic carbocycles. The van der Waals surface area contributed by atoms with Gasteiger partial charge in [-0.1, -0.05) is 6.42 Å². The maximum absolute atomic E-state index is 9.95. The van der Waals surface area contributed by atoms with Gasteiger partial charge in [0.05, 0.1) is 6.10 Å². The summed E-state index contributed by atoms with van der Waals surface area (Å²) in [6, 6.07) is 0.495. The van der Waals surface area contributed by atoms with Gasteiger partial charge in [-0.15, -0.1) is 24.0 Å². The van der Waals surface area contributed by atoms with Crippen LogP contribution in [0.3, 0.4) is 0 Å². The van der Waals surface area contributed by atoms with E-state index in [4.69, 9.17) is 9.73 Å². The highest BCUT2D eigenvalue weighted by atomic mass is 127. The first-order valence-electron chi connectivity index (χ1n) is 9.67. The van der Waals surface area contributed by atoms with E-state index in [1.54, 1.807) is 7.11 Å². The van der Waals surface area contributed by atoms with Crippen molar-refractivity contribution in [2.45, 2.75) is 57.6 Å². The first-order chi connectivity index (χ1) is 11.7. The van der Waals surface area contributed by atoms with Gasteiger partial charge in [0.1, 0.15) is 0 Å². The van der Waals surface area contributed by atoms with Crippen molar-refractivity contribution in [3.8, 4) is 0 Å². The van der Waals surface area contributed by atoms with Crippen LogP contribution in [-0.2, 0) is 4.74 Å². The van der Waals surface area contributed by atoms with Crippen molar-refractivity contribution in [2.75, 3.05) is 46.4 Å². The van der Waals surface area contributed by atoms with Crippen molar-refractivity contribution < 1.29 is 9.84 Å². The summed E-state index contributed by atoms with van der Waals surface area (Å²) in [5.41, 5.74) is 0. The molecule has 148 valence electrons. The zero-order valence-corrected chi connectivity index (χ0v) is 18.2. The van der Waals surface area contributed by atoms with Gasteiger partial charge in [-0.3, -0.25) is 4.99 Å². The van der Waals surface area contributed by atoms with E-state index >= 15 is 0 Å². The Morgan fingerprint density at radius 1 is 1.24 bits per heavy atom. The van der Waals surface area contributed by atoms with Crippen molar-refractivity contribution in [2.24, 2.45) is 10.9 Å². The second-order valence-corrected chi connectivity index (χ2v) is 7.08. The topological polar surface area (TPSA) is 69.1 Å². The lowest BCUT2D eigenvalue weighted by molar-refractivity contribution is 0.136. The second-order valence-electron chi connectivity index (χ2n) is 7.08. The first-order valence-corrected chi connectivity index (χ1v) is 9.67. The number of nitrogens with one attached hydrogen (secondary N) is 2. The van der Waals surface area contributed by atoms with E-state index in [0.29, 0.717) is 12.0 Å². The number of halogens is 1. The number of likely N-dealkylation sites (tertiary alicyclic amines) is 1. The molecule has 0 aromatic rings. The van der Waals surface area contributed by atoms with E-state index in [1.165, 1.54) is 0 Å². The molecular formula is C18H37IN4O2. The average molecular weight is 468 g/mol. The molecule has 0 aromatic heterocycles. The summed E-state index contributed by atoms with van der Waals surface area (Å²) in [6.45, 7) is 7.96. The number of piperidine rings is 1. The van der Waals surface area contributed by atoms with Crippen molar-refractivity contribution >= 4 is 29.9 Å². The third kappa shape index (κ3) is 8.41. The molecule has 6 nitrogen and oxygen atoms in total. The number of hydrogen-bond acceptors (Lipinski definition) is 4. The molecule has 0 bridgehead atoms. The fourth-order valence-electron chi connectivity index (χ4n) is 3.69. The Balaban J connectivity index is 0.00000312. The molecule has 2 rings (SSSR count). The van der Waals surface area contributed by atoms with Crippen LogP contribution in [-0.4, -0.2) is 74.6 Å². The van der Waals surface area contributed by atoms with E-state index in [2.05, 4.69) is 22.5 Å². The Hall–Kier alpha value is -0.120. The molecule has 1 aliphatic heterocycles. The lowest BCUT2D eigenvalue weighted by atomic mass is 10.0. The molecule has 2 aliphatic rings. The molecule has 2 fully saturated rings. The van der Waals surface area contributed by atoms with Crippen LogP contribution in [0.15, 0.2) is 4.99 Å². The van der Waals surface area contributed by atoms with Crippen molar-refractivity contribution in [1.82, 2.24) is 15.5 Å². The molecule has 1 saturated heterocycles. The summed E-state index contributed by atoms with van der Waals surface area (Å²) in [7, 11) is 1.77. The predicted molar refractivity (Wildman–Crippen MR) is 114 cm³/mol. The van der Waals surface area contributed by atoms with E-state index in [9.17, 15) is 5.11 Å². The molecule has 25 heavy (non-hydrogen) atoms. The number of rotatable bonds is 8. The SMILES string of the molecule is CCNC(=NCC1CCCC1O)NC1CCN(CCCOC)CC1.I. The minimum atomic E-state index is -0.160. The lowest BCUT2D eigenvalue weighted by Crippen LogP contribution is -2.49. The van der Waals surface area contributed by atoms with E-state index < -0.39 is 0 Å². The van der Waals surface area contributed by atoms with Crippen LogP contribution in [0.25, 0.3) is 0 Å². The van der Waals surface area contributed by atoms with Crippen molar-refractivity contribution in [3.05, 3.63) is 0 Å². The highest BCUT2D eigenvalue weighted by Gasteiger charge is 2.25. The first kappa shape index (κ1) is 22.9. The molecule has 1 saturated carbocycles. The average Bonchev–Trinajstić information content (AvgIpc) is 3.00. The minimum Gasteiger partial charge on any atom is -0.393 e. The predicted octanol–water partition coefficient (Wildman–Crippen LogP) is 1.82. The quantitative estimate of drug-likeness (QED) is 0.220. The number of nitrogens with zero attached hydrogens (tertiary/aromatic N) is 2. The van der Waals surface area contributed by atoms with Crippen LogP contribution in [0, 0.1) is 5.92 Å². The zero-order valence-electron chi connectivity index (χ0n) is 15.9. The summed E-state index contributed by atoms with van der Waals surface area (Å²) < 4.78 is 5.13. The van der Waals surface area contributed by atoms with Crippen LogP contribution in [0.1, 0.15) is 45.4 Å². The molecule has 0 radical (unpaired) electrons. The number of guanidine groups is 1. The van der Waals surface area contributed by atoms with Gasteiger partial charge < -0.3 is 25.4 Å². The third-order valence-electron chi connectivity index (χ3n) is 5.20. The third-order valence-corrected chi connectivity index (χ3v) is 5.20. The fraction of sp³-hybridized carbons (Fsp3) is 0.944. The van der Waals surface area contributed by atoms with E-state index in [-0.39, 0.29) is 30.1 Å². The number of ether oxygens (including phenoxy) is 1. The van der Waals surface area contributed by atoms with Gasteiger partial charge in [0.2, 0.25) is 0 Å². The second kappa shape index (κ2) is 13.1. The zero-order chi connectivity index (χ0) is 17.2. The number of aliphatic hydroxyl groups excluding tert-OH is 1. The summed E-state index contributed by atoms with van der Waals surface area (Å²) in [4.78, 5) is 7.25. The summed E-state index contributed by atoms with van der Waals surface area (Å²) >= 11 is 0. The molecule has 7 heteroatoms. The van der Waals surface area contributed by atoms with Gasteiger partial charge in [0.25, 0.3) is 0 Å². The fourth-order valence-corrected chi connectivity index (χ4v) is 3.69. The molecule has 3 N–H and O–H groups in total. The number of methoxy groups -OCH3 is 1. The molecule has 2 unspecified atom stereocenters. The number of hydrogen-bond donors (Lipinski definition) is 3. The Morgan fingerprint density at radius 3 is 2.60 bits per heavy atom. The highest BCUT2D eigenvalue weighted by Crippen LogP contribution is 2.25. The maximum atomic E-state index is 9.95. The molecule has 0 amide bonds. The Bertz CT molecular complexity index is 376. The van der Waals surface area contributed by atoms with Gasteiger partial charge >= 0.3 is 0 Å². The van der Waals surface area contributed by atoms with E-state index in [1.807, 2.05) is 0 Å². The van der Waals surface area contributed by atoms with Crippen LogP contribution in [0.2, 0.25) is 0 Å². The van der Waals surface area contributed by atoms with Crippen LogP contribution in [0.4, 0.5) is 0 Å². The molecule has 0 spiro atoms. The van der Waals surface area contributed by atoms with Gasteiger partial charge in [0.15, 0.2) is 5.96 Å². The van der Waals surface area contributed by atoms with Gasteiger partial charge in [-0.25, -0.2) is 0 Å². The summed E-state index contributed by atoms with van der Waals surface area (Å²) in [5.74, 6) is 1.25. The van der Waals surface area contributed by atoms with Crippen LogP contribution in [0.5, 0.6) is 0 Å². The Kier molecular flexibility index (Phi) is 12.0. The molecule has 1 aliphatic carbocycles. The standard InChI is InChI=1S/C18H36N4O2.HI/c1-3-19-18(20-14-15-6-4-7-17(15)23)21-16-8-11-22(12-9-16)10-5-13-24-2;/h15-17,23H,3-14H2,1-2H3,(H2,19,20,21);1H. The van der Waals surface area contributed by atoms with Gasteiger partial charge in [0, 0.05) is 58.4 Å². The lowest BCUT2D eigenvalue weighted by Gasteiger charge is -2.33. The molecular weight excluding hydrogens is 431 g/mol.